The maximum Gasteiger partial charge on any atom is 0.324 e. The molecule has 14 heavy (non-hydrogen) atoms. The van der Waals surface area contributed by atoms with E-state index in [0.29, 0.717) is 11.4 Å². The summed E-state index contributed by atoms with van der Waals surface area (Å²) in [7, 11) is 1.25. The van der Waals surface area contributed by atoms with Gasteiger partial charge in [0, 0.05) is 6.20 Å². The smallest absolute Gasteiger partial charge is 0.324 e. The summed E-state index contributed by atoms with van der Waals surface area (Å²) in [5, 5.41) is 2.56. The molecule has 1 aliphatic heterocycles. The minimum atomic E-state index is -0.920. The van der Waals surface area contributed by atoms with Crippen LogP contribution in [-0.2, 0) is 14.3 Å². The standard InChI is InChI=1S/C9H8N2O3/c1-14-9(13)6-7-5(11-8(6)12)3-2-4-10-7/h2-4,6H,1H3,(H,11,12)/t6-/m1/s1. The lowest BCUT2D eigenvalue weighted by molar-refractivity contribution is -0.144. The highest BCUT2D eigenvalue weighted by Gasteiger charge is 2.38. The normalized spacial score (nSPS) is 18.6. The average Bonchev–Trinajstić information content (AvgIpc) is 2.53. The first kappa shape index (κ1) is 8.68. The SMILES string of the molecule is COC(=O)[C@H]1C(=O)Nc2cccnc21. The van der Waals surface area contributed by atoms with Crippen molar-refractivity contribution in [3.05, 3.63) is 24.0 Å². The topological polar surface area (TPSA) is 68.3 Å². The summed E-state index contributed by atoms with van der Waals surface area (Å²) in [6.07, 6.45) is 1.54. The van der Waals surface area contributed by atoms with Gasteiger partial charge >= 0.3 is 5.97 Å². The molecule has 5 heteroatoms. The Kier molecular flexibility index (Phi) is 1.92. The molecule has 1 amide bonds. The van der Waals surface area contributed by atoms with Gasteiger partial charge in [0.15, 0.2) is 5.92 Å². The lowest BCUT2D eigenvalue weighted by Crippen LogP contribution is -2.22. The number of methoxy groups -OCH3 is 1. The molecule has 1 N–H and O–H groups in total. The van der Waals surface area contributed by atoms with E-state index in [9.17, 15) is 9.59 Å². The first-order valence-corrected chi connectivity index (χ1v) is 4.07. The van der Waals surface area contributed by atoms with E-state index in [1.807, 2.05) is 0 Å². The van der Waals surface area contributed by atoms with E-state index in [-0.39, 0.29) is 5.91 Å². The number of nitrogens with zero attached hydrogens (tertiary/aromatic N) is 1. The molecule has 0 saturated heterocycles. The second kappa shape index (κ2) is 3.10. The van der Waals surface area contributed by atoms with Crippen LogP contribution in [0.25, 0.3) is 0 Å². The number of carbonyl (C=O) groups excluding carboxylic acids is 2. The van der Waals surface area contributed by atoms with E-state index in [0.717, 1.165) is 0 Å². The van der Waals surface area contributed by atoms with E-state index in [1.54, 1.807) is 12.1 Å². The van der Waals surface area contributed by atoms with Crippen LogP contribution in [0.3, 0.4) is 0 Å². The molecular weight excluding hydrogens is 184 g/mol. The van der Waals surface area contributed by atoms with Crippen LogP contribution >= 0.6 is 0 Å². The van der Waals surface area contributed by atoms with Crippen molar-refractivity contribution in [3.63, 3.8) is 0 Å². The Bertz CT molecular complexity index is 395. The van der Waals surface area contributed by atoms with Gasteiger partial charge in [-0.3, -0.25) is 14.6 Å². The summed E-state index contributed by atoms with van der Waals surface area (Å²) in [6, 6.07) is 3.39. The fourth-order valence-corrected chi connectivity index (χ4v) is 1.42. The number of nitrogens with one attached hydrogen (secondary N) is 1. The molecule has 0 fully saturated rings. The summed E-state index contributed by atoms with van der Waals surface area (Å²) in [5.74, 6) is -1.89. The monoisotopic (exact) mass is 192 g/mol. The Morgan fingerprint density at radius 3 is 3.14 bits per heavy atom. The fourth-order valence-electron chi connectivity index (χ4n) is 1.42. The van der Waals surface area contributed by atoms with Gasteiger partial charge in [-0.1, -0.05) is 0 Å². The van der Waals surface area contributed by atoms with Crippen LogP contribution in [0.5, 0.6) is 0 Å². The second-order valence-corrected chi connectivity index (χ2v) is 2.88. The highest BCUT2D eigenvalue weighted by molar-refractivity contribution is 6.14. The number of esters is 1. The maximum absolute atomic E-state index is 11.4. The Hall–Kier alpha value is -1.91. The van der Waals surface area contributed by atoms with Crippen LogP contribution in [0, 0.1) is 0 Å². The summed E-state index contributed by atoms with van der Waals surface area (Å²) in [5.41, 5.74) is 1.01. The van der Waals surface area contributed by atoms with Gasteiger partial charge in [0.2, 0.25) is 5.91 Å². The van der Waals surface area contributed by atoms with Crippen molar-refractivity contribution in [2.75, 3.05) is 12.4 Å². The number of fused-ring (bicyclic) bond motifs is 1. The number of ether oxygens (including phenoxy) is 1. The molecule has 1 aliphatic rings. The molecular formula is C9H8N2O3. The van der Waals surface area contributed by atoms with Crippen LogP contribution in [0.4, 0.5) is 5.69 Å². The summed E-state index contributed by atoms with van der Waals surface area (Å²) in [6.45, 7) is 0. The zero-order valence-electron chi connectivity index (χ0n) is 7.48. The molecule has 0 spiro atoms. The van der Waals surface area contributed by atoms with Crippen molar-refractivity contribution >= 4 is 17.6 Å². The maximum atomic E-state index is 11.4. The van der Waals surface area contributed by atoms with Crippen LogP contribution in [0.2, 0.25) is 0 Å². The number of anilines is 1. The number of carbonyl (C=O) groups is 2. The van der Waals surface area contributed by atoms with Gasteiger partial charge in [0.05, 0.1) is 18.5 Å². The van der Waals surface area contributed by atoms with Crippen LogP contribution in [0.15, 0.2) is 18.3 Å². The first-order valence-electron chi connectivity index (χ1n) is 4.07. The van der Waals surface area contributed by atoms with Gasteiger partial charge in [-0.25, -0.2) is 0 Å². The highest BCUT2D eigenvalue weighted by Crippen LogP contribution is 2.30. The lowest BCUT2D eigenvalue weighted by atomic mass is 10.1. The molecule has 0 bridgehead atoms. The van der Waals surface area contributed by atoms with Gasteiger partial charge in [0.1, 0.15) is 0 Å². The van der Waals surface area contributed by atoms with Crippen molar-refractivity contribution in [1.29, 1.82) is 0 Å². The number of aromatic nitrogens is 1. The number of hydrogen-bond donors (Lipinski definition) is 1. The fraction of sp³-hybridized carbons (Fsp3) is 0.222. The summed E-state index contributed by atoms with van der Waals surface area (Å²) < 4.78 is 4.52. The van der Waals surface area contributed by atoms with E-state index < -0.39 is 11.9 Å². The molecule has 2 rings (SSSR count). The quantitative estimate of drug-likeness (QED) is 0.513. The molecule has 2 heterocycles. The number of rotatable bonds is 1. The van der Waals surface area contributed by atoms with Crippen molar-refractivity contribution in [3.8, 4) is 0 Å². The van der Waals surface area contributed by atoms with Gasteiger partial charge in [-0.05, 0) is 12.1 Å². The van der Waals surface area contributed by atoms with Crippen molar-refractivity contribution in [2.24, 2.45) is 0 Å². The van der Waals surface area contributed by atoms with Crippen molar-refractivity contribution in [2.45, 2.75) is 5.92 Å². The van der Waals surface area contributed by atoms with E-state index >= 15 is 0 Å². The van der Waals surface area contributed by atoms with Gasteiger partial charge < -0.3 is 10.1 Å². The minimum absolute atomic E-state index is 0.384. The van der Waals surface area contributed by atoms with Crippen LogP contribution in [0.1, 0.15) is 11.6 Å². The summed E-state index contributed by atoms with van der Waals surface area (Å²) in [4.78, 5) is 26.6. The van der Waals surface area contributed by atoms with Crippen LogP contribution < -0.4 is 5.32 Å². The number of amides is 1. The molecule has 1 aromatic heterocycles. The number of hydrogen-bond acceptors (Lipinski definition) is 4. The first-order chi connectivity index (χ1) is 6.74. The Morgan fingerprint density at radius 2 is 2.43 bits per heavy atom. The van der Waals surface area contributed by atoms with E-state index in [2.05, 4.69) is 15.0 Å². The van der Waals surface area contributed by atoms with Gasteiger partial charge in [-0.2, -0.15) is 0 Å². The predicted octanol–water partition coefficient (Wildman–Crippen LogP) is 0.290. The second-order valence-electron chi connectivity index (χ2n) is 2.88. The van der Waals surface area contributed by atoms with E-state index in [1.165, 1.54) is 13.3 Å². The van der Waals surface area contributed by atoms with Gasteiger partial charge in [0.25, 0.3) is 0 Å². The third-order valence-corrected chi connectivity index (χ3v) is 2.07. The Morgan fingerprint density at radius 1 is 1.64 bits per heavy atom. The Labute approximate surface area is 80.1 Å². The third-order valence-electron chi connectivity index (χ3n) is 2.07. The molecule has 0 unspecified atom stereocenters. The minimum Gasteiger partial charge on any atom is -0.468 e. The van der Waals surface area contributed by atoms with E-state index in [4.69, 9.17) is 0 Å². The van der Waals surface area contributed by atoms with Crippen molar-refractivity contribution in [1.82, 2.24) is 4.98 Å². The largest absolute Gasteiger partial charge is 0.468 e. The highest BCUT2D eigenvalue weighted by atomic mass is 16.5. The molecule has 72 valence electrons. The summed E-state index contributed by atoms with van der Waals surface area (Å²) >= 11 is 0. The molecule has 1 aromatic rings. The average molecular weight is 192 g/mol. The zero-order valence-corrected chi connectivity index (χ0v) is 7.48. The Balaban J connectivity index is 2.44. The third kappa shape index (κ3) is 1.14. The molecule has 0 saturated carbocycles. The zero-order chi connectivity index (χ0) is 10.1. The molecule has 0 radical (unpaired) electrons. The lowest BCUT2D eigenvalue weighted by Gasteiger charge is -2.03. The molecule has 0 aromatic carbocycles. The molecule has 5 nitrogen and oxygen atoms in total. The van der Waals surface area contributed by atoms with Gasteiger partial charge in [-0.15, -0.1) is 0 Å². The van der Waals surface area contributed by atoms with Crippen molar-refractivity contribution < 1.29 is 14.3 Å². The van der Waals surface area contributed by atoms with Crippen LogP contribution in [-0.4, -0.2) is 24.0 Å². The molecule has 0 aliphatic carbocycles. The molecule has 1 atom stereocenters. The predicted molar refractivity (Wildman–Crippen MR) is 47.6 cm³/mol. The number of pyridine rings is 1.